The fourth-order valence-electron chi connectivity index (χ4n) is 4.70. The van der Waals surface area contributed by atoms with Crippen LogP contribution in [0.2, 0.25) is 0 Å². The van der Waals surface area contributed by atoms with Crippen LogP contribution in [0.3, 0.4) is 0 Å². The number of hydrogen-bond acceptors (Lipinski definition) is 4. The number of fused-ring (bicyclic) bond motifs is 3. The largest absolute Gasteiger partial charge is 0.494 e. The Balaban J connectivity index is 1.52. The molecule has 0 amide bonds. The summed E-state index contributed by atoms with van der Waals surface area (Å²) in [5, 5.41) is 2.58. The molecule has 4 aromatic carbocycles. The molecule has 0 spiro atoms. The Kier molecular flexibility index (Phi) is 5.26. The molecular formula is C30H28BNO2S. The number of para-hydroxylation sites is 1. The second-order valence-electron chi connectivity index (χ2n) is 10.1. The minimum Gasteiger partial charge on any atom is -0.399 e. The topological polar surface area (TPSA) is 21.7 Å². The van der Waals surface area contributed by atoms with Crippen LogP contribution in [0.25, 0.3) is 20.2 Å². The minimum absolute atomic E-state index is 0.380. The van der Waals surface area contributed by atoms with E-state index in [1.54, 1.807) is 0 Å². The van der Waals surface area contributed by atoms with E-state index in [9.17, 15) is 0 Å². The van der Waals surface area contributed by atoms with Crippen molar-refractivity contribution in [3.05, 3.63) is 97.1 Å². The second kappa shape index (κ2) is 8.23. The molecule has 2 heterocycles. The van der Waals surface area contributed by atoms with Gasteiger partial charge in [-0.05, 0) is 69.6 Å². The van der Waals surface area contributed by atoms with Crippen LogP contribution in [0.5, 0.6) is 0 Å². The zero-order valence-corrected chi connectivity index (χ0v) is 21.3. The summed E-state index contributed by atoms with van der Waals surface area (Å²) in [6.45, 7) is 8.37. The minimum atomic E-state index is -0.405. The van der Waals surface area contributed by atoms with Crippen molar-refractivity contribution in [3.8, 4) is 0 Å². The first-order chi connectivity index (χ1) is 16.8. The van der Waals surface area contributed by atoms with E-state index in [4.69, 9.17) is 9.31 Å². The van der Waals surface area contributed by atoms with Crippen LogP contribution < -0.4 is 10.4 Å². The highest BCUT2D eigenvalue weighted by molar-refractivity contribution is 7.26. The Bertz CT molecular complexity index is 1510. The van der Waals surface area contributed by atoms with Gasteiger partial charge in [0, 0.05) is 26.8 Å². The van der Waals surface area contributed by atoms with Gasteiger partial charge in [-0.3, -0.25) is 0 Å². The average Bonchev–Trinajstić information content (AvgIpc) is 3.34. The summed E-state index contributed by atoms with van der Waals surface area (Å²) in [5.41, 5.74) is 3.62. The standard InChI is InChI=1S/C30H28BNO2S/c1-29(2)30(3,4)34-31(33-29)21-12-10-15-23(20-21)32(22-13-6-5-7-14-22)26-18-11-17-25-24-16-8-9-19-27(24)35-28(25)26/h5-20H,1-4H3. The highest BCUT2D eigenvalue weighted by atomic mass is 32.1. The molecule has 1 aromatic heterocycles. The molecule has 5 heteroatoms. The molecule has 1 aliphatic rings. The summed E-state index contributed by atoms with van der Waals surface area (Å²) in [6.07, 6.45) is 0. The summed E-state index contributed by atoms with van der Waals surface area (Å²) in [7, 11) is -0.405. The third kappa shape index (κ3) is 3.75. The maximum atomic E-state index is 6.37. The fraction of sp³-hybridized carbons (Fsp3) is 0.200. The zero-order chi connectivity index (χ0) is 24.2. The van der Waals surface area contributed by atoms with Gasteiger partial charge in [0.15, 0.2) is 0 Å². The van der Waals surface area contributed by atoms with Gasteiger partial charge in [-0.1, -0.05) is 60.7 Å². The Morgan fingerprint density at radius 1 is 0.657 bits per heavy atom. The molecule has 0 atom stereocenters. The van der Waals surface area contributed by atoms with Crippen molar-refractivity contribution in [1.29, 1.82) is 0 Å². The van der Waals surface area contributed by atoms with Crippen molar-refractivity contribution >= 4 is 61.2 Å². The maximum absolute atomic E-state index is 6.37. The van der Waals surface area contributed by atoms with E-state index in [1.165, 1.54) is 25.9 Å². The van der Waals surface area contributed by atoms with Gasteiger partial charge in [-0.25, -0.2) is 0 Å². The number of nitrogens with zero attached hydrogens (tertiary/aromatic N) is 1. The first kappa shape index (κ1) is 22.4. The lowest BCUT2D eigenvalue weighted by molar-refractivity contribution is 0.00578. The normalized spacial score (nSPS) is 16.7. The van der Waals surface area contributed by atoms with Crippen molar-refractivity contribution in [2.24, 2.45) is 0 Å². The first-order valence-electron chi connectivity index (χ1n) is 12.1. The van der Waals surface area contributed by atoms with Gasteiger partial charge in [0.25, 0.3) is 0 Å². The number of thiophene rings is 1. The van der Waals surface area contributed by atoms with Crippen molar-refractivity contribution in [2.45, 2.75) is 38.9 Å². The first-order valence-corrected chi connectivity index (χ1v) is 12.9. The van der Waals surface area contributed by atoms with E-state index in [2.05, 4.69) is 130 Å². The van der Waals surface area contributed by atoms with Crippen LogP contribution in [-0.4, -0.2) is 18.3 Å². The summed E-state index contributed by atoms with van der Waals surface area (Å²) < 4.78 is 15.3. The fourth-order valence-corrected chi connectivity index (χ4v) is 5.91. The molecule has 1 aliphatic heterocycles. The van der Waals surface area contributed by atoms with E-state index in [-0.39, 0.29) is 11.2 Å². The van der Waals surface area contributed by atoms with Crippen LogP contribution in [0.15, 0.2) is 97.1 Å². The van der Waals surface area contributed by atoms with Crippen LogP contribution >= 0.6 is 11.3 Å². The monoisotopic (exact) mass is 477 g/mol. The van der Waals surface area contributed by atoms with Crippen molar-refractivity contribution in [2.75, 3.05) is 4.90 Å². The Morgan fingerprint density at radius 2 is 1.29 bits per heavy atom. The van der Waals surface area contributed by atoms with Crippen LogP contribution in [-0.2, 0) is 9.31 Å². The highest BCUT2D eigenvalue weighted by Crippen LogP contribution is 2.44. The van der Waals surface area contributed by atoms with E-state index in [1.807, 2.05) is 11.3 Å². The molecular weight excluding hydrogens is 449 g/mol. The van der Waals surface area contributed by atoms with Gasteiger partial charge in [0.1, 0.15) is 0 Å². The van der Waals surface area contributed by atoms with Gasteiger partial charge in [-0.2, -0.15) is 0 Å². The number of anilines is 3. The Labute approximate surface area is 211 Å². The molecule has 174 valence electrons. The lowest BCUT2D eigenvalue weighted by Crippen LogP contribution is -2.41. The van der Waals surface area contributed by atoms with Crippen molar-refractivity contribution in [3.63, 3.8) is 0 Å². The predicted molar refractivity (Wildman–Crippen MR) is 150 cm³/mol. The Hall–Kier alpha value is -3.12. The maximum Gasteiger partial charge on any atom is 0.494 e. The molecule has 0 N–H and O–H groups in total. The molecule has 0 radical (unpaired) electrons. The van der Waals surface area contributed by atoms with E-state index < -0.39 is 7.12 Å². The molecule has 6 rings (SSSR count). The van der Waals surface area contributed by atoms with Crippen LogP contribution in [0.4, 0.5) is 17.1 Å². The molecule has 1 fully saturated rings. The zero-order valence-electron chi connectivity index (χ0n) is 20.5. The third-order valence-electron chi connectivity index (χ3n) is 7.29. The van der Waals surface area contributed by atoms with Gasteiger partial charge in [-0.15, -0.1) is 11.3 Å². The van der Waals surface area contributed by atoms with Crippen LogP contribution in [0.1, 0.15) is 27.7 Å². The molecule has 0 bridgehead atoms. The molecule has 5 aromatic rings. The lowest BCUT2D eigenvalue weighted by atomic mass is 9.79. The molecule has 0 saturated carbocycles. The van der Waals surface area contributed by atoms with Gasteiger partial charge in [0.05, 0.1) is 21.6 Å². The number of benzene rings is 4. The SMILES string of the molecule is CC1(C)OB(c2cccc(N(c3ccccc3)c3cccc4c3sc3ccccc34)c2)OC1(C)C. The number of hydrogen-bond donors (Lipinski definition) is 0. The summed E-state index contributed by atoms with van der Waals surface area (Å²) in [6, 6.07) is 34.3. The molecule has 3 nitrogen and oxygen atoms in total. The van der Waals surface area contributed by atoms with Crippen molar-refractivity contribution < 1.29 is 9.31 Å². The van der Waals surface area contributed by atoms with Crippen LogP contribution in [0, 0.1) is 0 Å². The lowest BCUT2D eigenvalue weighted by Gasteiger charge is -2.32. The van der Waals surface area contributed by atoms with E-state index in [0.29, 0.717) is 0 Å². The third-order valence-corrected chi connectivity index (χ3v) is 8.50. The smallest absolute Gasteiger partial charge is 0.399 e. The summed E-state index contributed by atoms with van der Waals surface area (Å²) in [5.74, 6) is 0. The quantitative estimate of drug-likeness (QED) is 0.246. The van der Waals surface area contributed by atoms with Gasteiger partial charge >= 0.3 is 7.12 Å². The van der Waals surface area contributed by atoms with Crippen molar-refractivity contribution in [1.82, 2.24) is 0 Å². The Morgan fingerprint density at radius 3 is 2.06 bits per heavy atom. The number of rotatable bonds is 4. The molecule has 35 heavy (non-hydrogen) atoms. The summed E-state index contributed by atoms with van der Waals surface area (Å²) >= 11 is 1.84. The molecule has 0 aliphatic carbocycles. The van der Waals surface area contributed by atoms with Gasteiger partial charge < -0.3 is 14.2 Å². The van der Waals surface area contributed by atoms with E-state index in [0.717, 1.165) is 16.8 Å². The highest BCUT2D eigenvalue weighted by Gasteiger charge is 2.51. The van der Waals surface area contributed by atoms with E-state index >= 15 is 0 Å². The van der Waals surface area contributed by atoms with Gasteiger partial charge in [0.2, 0.25) is 0 Å². The predicted octanol–water partition coefficient (Wildman–Crippen LogP) is 7.82. The molecule has 1 saturated heterocycles. The second-order valence-corrected chi connectivity index (χ2v) is 11.2. The molecule has 0 unspecified atom stereocenters. The average molecular weight is 477 g/mol. The summed E-state index contributed by atoms with van der Waals surface area (Å²) in [4.78, 5) is 2.34.